The molecule has 2 rings (SSSR count). The maximum absolute atomic E-state index is 11.5. The summed E-state index contributed by atoms with van der Waals surface area (Å²) < 4.78 is 26.4. The molecule has 12 heteroatoms. The molecule has 0 aliphatic carbocycles. The summed E-state index contributed by atoms with van der Waals surface area (Å²) in [5.74, 6) is -3.11. The Labute approximate surface area is 153 Å². The molecule has 1 aliphatic rings. The maximum atomic E-state index is 11.5. The number of nitrogens with zero attached hydrogens (tertiary/aromatic N) is 1. The first-order chi connectivity index (χ1) is 12.7. The van der Waals surface area contributed by atoms with Gasteiger partial charge in [0.25, 0.3) is 5.91 Å². The van der Waals surface area contributed by atoms with Gasteiger partial charge >= 0.3 is 17.9 Å². The minimum Gasteiger partial charge on any atom is -0.456 e. The second-order valence-electron chi connectivity index (χ2n) is 5.56. The number of ether oxygens (including phenoxy) is 5. The average molecular weight is 385 g/mol. The van der Waals surface area contributed by atoms with Gasteiger partial charge in [0.2, 0.25) is 18.3 Å². The molecule has 0 bridgehead atoms. The zero-order valence-corrected chi connectivity index (χ0v) is 14.8. The molecule has 0 spiro atoms. The van der Waals surface area contributed by atoms with Crippen molar-refractivity contribution in [2.45, 2.75) is 45.4 Å². The highest BCUT2D eigenvalue weighted by molar-refractivity contribution is 5.93. The van der Waals surface area contributed by atoms with Crippen LogP contribution in [0.2, 0.25) is 0 Å². The van der Waals surface area contributed by atoms with E-state index >= 15 is 0 Å². The summed E-state index contributed by atoms with van der Waals surface area (Å²) in [5.41, 5.74) is 5.07. The van der Waals surface area contributed by atoms with Gasteiger partial charge < -0.3 is 34.4 Å². The van der Waals surface area contributed by atoms with Crippen molar-refractivity contribution in [3.8, 4) is 5.88 Å². The van der Waals surface area contributed by atoms with Crippen LogP contribution in [0.1, 0.15) is 31.3 Å². The number of carbonyl (C=O) groups excluding carboxylic acids is 4. The number of hydrogen-bond acceptors (Lipinski definition) is 10. The van der Waals surface area contributed by atoms with Crippen molar-refractivity contribution in [3.05, 3.63) is 12.0 Å². The van der Waals surface area contributed by atoms with Crippen molar-refractivity contribution < 1.29 is 42.9 Å². The normalized spacial score (nSPS) is 24.6. The molecule has 0 saturated carbocycles. The number of carbonyl (C=O) groups is 4. The standard InChI is InChI=1S/C15H19N3O9/c1-6(19)24-9-4-23-15(27-14-10(13(16)22)17-5-18-14)12(26-8(3)21)11(9)25-7(2)20/h5,9,11-12,15H,4H2,1-3H3,(H2,16,22)(H,17,18)/t9-,11+,12-,15+/m1/s1. The van der Waals surface area contributed by atoms with E-state index in [9.17, 15) is 19.2 Å². The van der Waals surface area contributed by atoms with Crippen molar-refractivity contribution in [1.82, 2.24) is 9.97 Å². The second kappa shape index (κ2) is 8.49. The Hall–Kier alpha value is -3.15. The Kier molecular flexibility index (Phi) is 6.34. The molecule has 4 atom stereocenters. The molecular formula is C15H19N3O9. The van der Waals surface area contributed by atoms with Crippen molar-refractivity contribution in [1.29, 1.82) is 0 Å². The lowest BCUT2D eigenvalue weighted by Crippen LogP contribution is -2.59. The molecule has 148 valence electrons. The van der Waals surface area contributed by atoms with E-state index in [-0.39, 0.29) is 18.2 Å². The Morgan fingerprint density at radius 2 is 1.67 bits per heavy atom. The van der Waals surface area contributed by atoms with Crippen LogP contribution in [0.4, 0.5) is 0 Å². The summed E-state index contributed by atoms with van der Waals surface area (Å²) in [6, 6.07) is 0. The monoisotopic (exact) mass is 385 g/mol. The fourth-order valence-corrected chi connectivity index (χ4v) is 2.47. The Balaban J connectivity index is 2.31. The fraction of sp³-hybridized carbons (Fsp3) is 0.533. The number of aromatic nitrogens is 2. The summed E-state index contributed by atoms with van der Waals surface area (Å²) in [5, 5.41) is 0. The van der Waals surface area contributed by atoms with Crippen molar-refractivity contribution in [3.63, 3.8) is 0 Å². The van der Waals surface area contributed by atoms with Crippen LogP contribution >= 0.6 is 0 Å². The van der Waals surface area contributed by atoms with E-state index in [2.05, 4.69) is 9.97 Å². The van der Waals surface area contributed by atoms with Gasteiger partial charge in [-0.1, -0.05) is 0 Å². The minimum atomic E-state index is -1.31. The zero-order chi connectivity index (χ0) is 20.1. The van der Waals surface area contributed by atoms with Crippen molar-refractivity contribution >= 4 is 23.8 Å². The number of rotatable bonds is 6. The van der Waals surface area contributed by atoms with E-state index in [4.69, 9.17) is 29.4 Å². The summed E-state index contributed by atoms with van der Waals surface area (Å²) in [7, 11) is 0. The van der Waals surface area contributed by atoms with E-state index < -0.39 is 48.4 Å². The van der Waals surface area contributed by atoms with Crippen molar-refractivity contribution in [2.75, 3.05) is 6.61 Å². The van der Waals surface area contributed by atoms with E-state index in [1.807, 2.05) is 0 Å². The average Bonchev–Trinajstić information content (AvgIpc) is 3.00. The first kappa shape index (κ1) is 20.2. The van der Waals surface area contributed by atoms with Gasteiger partial charge in [-0.3, -0.25) is 19.2 Å². The summed E-state index contributed by atoms with van der Waals surface area (Å²) in [6.07, 6.45) is -3.69. The summed E-state index contributed by atoms with van der Waals surface area (Å²) in [4.78, 5) is 52.0. The first-order valence-electron chi connectivity index (χ1n) is 7.82. The largest absolute Gasteiger partial charge is 0.456 e. The minimum absolute atomic E-state index is 0.133. The molecule has 0 aromatic carbocycles. The molecule has 27 heavy (non-hydrogen) atoms. The molecule has 1 fully saturated rings. The SMILES string of the molecule is CC(=O)O[C@@H]1[C@@H](OC(C)=O)[C@H](Oc2nc[nH]c2C(N)=O)OC[C@H]1OC(C)=O. The van der Waals surface area contributed by atoms with Gasteiger partial charge in [0, 0.05) is 20.8 Å². The van der Waals surface area contributed by atoms with E-state index in [0.29, 0.717) is 0 Å². The number of esters is 3. The van der Waals surface area contributed by atoms with Gasteiger partial charge in [0.05, 0.1) is 12.9 Å². The number of hydrogen-bond donors (Lipinski definition) is 2. The highest BCUT2D eigenvalue weighted by Gasteiger charge is 2.48. The van der Waals surface area contributed by atoms with Crippen LogP contribution in [0.3, 0.4) is 0 Å². The molecule has 1 saturated heterocycles. The number of aromatic amines is 1. The molecule has 3 N–H and O–H groups in total. The third kappa shape index (κ3) is 5.17. The molecule has 1 aromatic rings. The van der Waals surface area contributed by atoms with Crippen LogP contribution < -0.4 is 10.5 Å². The van der Waals surface area contributed by atoms with Gasteiger partial charge in [0.15, 0.2) is 17.9 Å². The predicted octanol–water partition coefficient (Wildman–Crippen LogP) is -0.961. The molecule has 1 aliphatic heterocycles. The quantitative estimate of drug-likeness (QED) is 0.459. The van der Waals surface area contributed by atoms with Crippen LogP contribution in [0.5, 0.6) is 5.88 Å². The summed E-state index contributed by atoms with van der Waals surface area (Å²) >= 11 is 0. The highest BCUT2D eigenvalue weighted by atomic mass is 16.7. The lowest BCUT2D eigenvalue weighted by Gasteiger charge is -2.39. The predicted molar refractivity (Wildman–Crippen MR) is 84.1 cm³/mol. The van der Waals surface area contributed by atoms with Gasteiger partial charge in [-0.25, -0.2) is 4.98 Å². The van der Waals surface area contributed by atoms with Crippen LogP contribution in [-0.2, 0) is 33.3 Å². The lowest BCUT2D eigenvalue weighted by atomic mass is 10.0. The zero-order valence-electron chi connectivity index (χ0n) is 14.8. The number of H-pyrrole nitrogens is 1. The Bertz CT molecular complexity index is 732. The maximum Gasteiger partial charge on any atom is 0.303 e. The van der Waals surface area contributed by atoms with E-state index in [1.54, 1.807) is 0 Å². The van der Waals surface area contributed by atoms with Crippen LogP contribution in [0.25, 0.3) is 0 Å². The smallest absolute Gasteiger partial charge is 0.303 e. The lowest BCUT2D eigenvalue weighted by molar-refractivity contribution is -0.260. The second-order valence-corrected chi connectivity index (χ2v) is 5.56. The molecule has 1 aromatic heterocycles. The highest BCUT2D eigenvalue weighted by Crippen LogP contribution is 2.27. The van der Waals surface area contributed by atoms with Crippen LogP contribution in [0.15, 0.2) is 6.33 Å². The van der Waals surface area contributed by atoms with Gasteiger partial charge in [-0.2, -0.15) is 0 Å². The van der Waals surface area contributed by atoms with Gasteiger partial charge in [-0.15, -0.1) is 0 Å². The first-order valence-corrected chi connectivity index (χ1v) is 7.82. The third-order valence-corrected chi connectivity index (χ3v) is 3.38. The molecule has 12 nitrogen and oxygen atoms in total. The van der Waals surface area contributed by atoms with Crippen LogP contribution in [-0.4, -0.2) is 65.0 Å². The number of amides is 1. The molecule has 2 heterocycles. The van der Waals surface area contributed by atoms with Gasteiger partial charge in [0.1, 0.15) is 0 Å². The number of imidazole rings is 1. The Morgan fingerprint density at radius 3 is 2.22 bits per heavy atom. The Morgan fingerprint density at radius 1 is 1.07 bits per heavy atom. The number of primary amides is 1. The molecule has 0 radical (unpaired) electrons. The topological polar surface area (TPSA) is 169 Å². The van der Waals surface area contributed by atoms with Crippen LogP contribution in [0, 0.1) is 0 Å². The number of nitrogens with two attached hydrogens (primary N) is 1. The van der Waals surface area contributed by atoms with E-state index in [0.717, 1.165) is 20.8 Å². The third-order valence-electron chi connectivity index (χ3n) is 3.38. The molecule has 0 unspecified atom stereocenters. The molecule has 1 amide bonds. The molecular weight excluding hydrogens is 366 g/mol. The number of nitrogens with one attached hydrogen (secondary N) is 1. The summed E-state index contributed by atoms with van der Waals surface area (Å²) in [6.45, 7) is 3.20. The fourth-order valence-electron chi connectivity index (χ4n) is 2.47. The van der Waals surface area contributed by atoms with Crippen molar-refractivity contribution in [2.24, 2.45) is 5.73 Å². The van der Waals surface area contributed by atoms with E-state index in [1.165, 1.54) is 6.33 Å². The van der Waals surface area contributed by atoms with Gasteiger partial charge in [-0.05, 0) is 0 Å².